The van der Waals surface area contributed by atoms with E-state index in [0.717, 1.165) is 10.9 Å². The molecule has 1 heterocycles. The number of aliphatic carboxylic acids is 1. The van der Waals surface area contributed by atoms with Gasteiger partial charge >= 0.3 is 5.97 Å². The predicted octanol–water partition coefficient (Wildman–Crippen LogP) is -2.72. The van der Waals surface area contributed by atoms with Gasteiger partial charge in [-0.25, -0.2) is 4.79 Å². The van der Waals surface area contributed by atoms with E-state index in [0.29, 0.717) is 5.56 Å². The first-order chi connectivity index (χ1) is 19.8. The van der Waals surface area contributed by atoms with E-state index in [4.69, 9.17) is 22.9 Å². The number of para-hydroxylation sites is 1. The fraction of sp³-hybridized carbons (Fsp3) is 0.462. The molecule has 0 aliphatic heterocycles. The third kappa shape index (κ3) is 10.4. The summed E-state index contributed by atoms with van der Waals surface area (Å²) in [5.41, 5.74) is 23.0. The molecule has 0 aliphatic rings. The van der Waals surface area contributed by atoms with Gasteiger partial charge in [-0.1, -0.05) is 18.2 Å². The summed E-state index contributed by atoms with van der Waals surface area (Å²) in [7, 11) is 0. The van der Waals surface area contributed by atoms with E-state index in [1.165, 1.54) is 6.92 Å². The number of aromatic amines is 1. The van der Waals surface area contributed by atoms with Crippen molar-refractivity contribution in [2.75, 3.05) is 6.54 Å². The number of rotatable bonds is 17. The van der Waals surface area contributed by atoms with Crippen molar-refractivity contribution in [2.24, 2.45) is 27.9 Å². The van der Waals surface area contributed by atoms with Gasteiger partial charge in [0.15, 0.2) is 5.96 Å². The monoisotopic (exact) mass is 589 g/mol. The lowest BCUT2D eigenvalue weighted by Crippen LogP contribution is -2.58. The molecule has 0 bridgehead atoms. The predicted molar refractivity (Wildman–Crippen MR) is 153 cm³/mol. The summed E-state index contributed by atoms with van der Waals surface area (Å²) < 4.78 is 0. The van der Waals surface area contributed by atoms with Crippen LogP contribution in [0.5, 0.6) is 0 Å². The number of guanidine groups is 1. The number of nitrogens with one attached hydrogen (secondary N) is 4. The van der Waals surface area contributed by atoms with E-state index in [2.05, 4.69) is 25.9 Å². The number of aromatic nitrogens is 1. The lowest BCUT2D eigenvalue weighted by molar-refractivity contribution is -0.142. The molecular weight excluding hydrogens is 550 g/mol. The average molecular weight is 590 g/mol. The molecule has 0 fully saturated rings. The Bertz CT molecular complexity index is 1290. The number of aliphatic hydroxyl groups excluding tert-OH is 1. The fourth-order valence-corrected chi connectivity index (χ4v) is 4.08. The second kappa shape index (κ2) is 15.9. The standard InChI is InChI=1S/C26H39N9O7/c1-13(36)21(28)24(40)33-17(7-4-10-31-26(29)30)22(38)35-19(11-14-12-32-16-6-3-2-5-15(14)16)23(39)34-18(25(41)42)8-9-20(27)37/h2-3,5-6,12-13,17-19,21,32,36H,4,7-11,28H2,1H3,(H2,27,37)(H,33,40)(H,34,39)(H,35,38)(H,41,42)(H4,29,30,31). The lowest BCUT2D eigenvalue weighted by Gasteiger charge is -2.25. The number of amides is 4. The normalized spacial score (nSPS) is 14.5. The number of carboxylic acid groups (broad SMARTS) is 1. The lowest BCUT2D eigenvalue weighted by atomic mass is 10.0. The highest BCUT2D eigenvalue weighted by Gasteiger charge is 2.31. The Labute approximate surface area is 241 Å². The van der Waals surface area contributed by atoms with Crippen LogP contribution in [0, 0.1) is 0 Å². The molecule has 2 rings (SSSR count). The van der Waals surface area contributed by atoms with Crippen LogP contribution in [0.4, 0.5) is 0 Å². The minimum absolute atomic E-state index is 0.0403. The molecule has 0 saturated heterocycles. The molecular formula is C26H39N9O7. The maximum absolute atomic E-state index is 13.5. The number of hydrogen-bond donors (Lipinski definition) is 10. The van der Waals surface area contributed by atoms with Crippen molar-refractivity contribution in [1.82, 2.24) is 20.9 Å². The zero-order valence-corrected chi connectivity index (χ0v) is 23.2. The third-order valence-corrected chi connectivity index (χ3v) is 6.43. The van der Waals surface area contributed by atoms with Crippen molar-refractivity contribution >= 4 is 46.5 Å². The molecule has 4 amide bonds. The molecule has 16 nitrogen and oxygen atoms in total. The Morgan fingerprint density at radius 1 is 0.929 bits per heavy atom. The van der Waals surface area contributed by atoms with Gasteiger partial charge in [0.25, 0.3) is 0 Å². The SMILES string of the molecule is CC(O)C(N)C(=O)NC(CCCN=C(N)N)C(=O)NC(Cc1c[nH]c2ccccc12)C(=O)NC(CCC(N)=O)C(=O)O. The van der Waals surface area contributed by atoms with Gasteiger partial charge < -0.3 is 54.1 Å². The molecule has 42 heavy (non-hydrogen) atoms. The molecule has 1 aromatic carbocycles. The smallest absolute Gasteiger partial charge is 0.326 e. The Kier molecular flexibility index (Phi) is 12.7. The van der Waals surface area contributed by atoms with Crippen LogP contribution in [0.1, 0.15) is 38.2 Å². The fourth-order valence-electron chi connectivity index (χ4n) is 4.08. The maximum atomic E-state index is 13.5. The molecule has 1 aromatic heterocycles. The number of aliphatic hydroxyl groups is 1. The van der Waals surface area contributed by atoms with E-state index in [-0.39, 0.29) is 44.6 Å². The topological polar surface area (TPSA) is 294 Å². The minimum atomic E-state index is -1.45. The molecule has 5 unspecified atom stereocenters. The van der Waals surface area contributed by atoms with Crippen LogP contribution in [0.25, 0.3) is 10.9 Å². The van der Waals surface area contributed by atoms with Crippen molar-refractivity contribution < 1.29 is 34.2 Å². The summed E-state index contributed by atoms with van der Waals surface area (Å²) in [6, 6.07) is 1.97. The molecule has 16 heteroatoms. The number of fused-ring (bicyclic) bond motifs is 1. The summed E-state index contributed by atoms with van der Waals surface area (Å²) in [4.78, 5) is 69.3. The summed E-state index contributed by atoms with van der Waals surface area (Å²) >= 11 is 0. The maximum Gasteiger partial charge on any atom is 0.326 e. The second-order valence-electron chi connectivity index (χ2n) is 9.81. The first kappa shape index (κ1) is 33.5. The molecule has 2 aromatic rings. The third-order valence-electron chi connectivity index (χ3n) is 6.43. The van der Waals surface area contributed by atoms with Crippen LogP contribution in [0.3, 0.4) is 0 Å². The highest BCUT2D eigenvalue weighted by Crippen LogP contribution is 2.19. The van der Waals surface area contributed by atoms with E-state index < -0.39 is 59.9 Å². The second-order valence-corrected chi connectivity index (χ2v) is 9.81. The zero-order valence-electron chi connectivity index (χ0n) is 23.2. The number of carboxylic acids is 1. The highest BCUT2D eigenvalue weighted by molar-refractivity contribution is 5.95. The number of H-pyrrole nitrogens is 1. The summed E-state index contributed by atoms with van der Waals surface area (Å²) in [6.45, 7) is 1.46. The first-order valence-electron chi connectivity index (χ1n) is 13.3. The largest absolute Gasteiger partial charge is 0.480 e. The van der Waals surface area contributed by atoms with E-state index in [9.17, 15) is 34.2 Å². The molecule has 0 saturated carbocycles. The van der Waals surface area contributed by atoms with Gasteiger partial charge in [0.05, 0.1) is 6.10 Å². The summed E-state index contributed by atoms with van der Waals surface area (Å²) in [5.74, 6) is -4.70. The molecule has 0 radical (unpaired) electrons. The van der Waals surface area contributed by atoms with Crippen LogP contribution in [-0.2, 0) is 30.4 Å². The van der Waals surface area contributed by atoms with Gasteiger partial charge in [0.1, 0.15) is 24.2 Å². The Balaban J connectivity index is 2.34. The number of primary amides is 1. The Morgan fingerprint density at radius 3 is 2.17 bits per heavy atom. The molecule has 0 spiro atoms. The van der Waals surface area contributed by atoms with Crippen LogP contribution in [0.15, 0.2) is 35.5 Å². The highest BCUT2D eigenvalue weighted by atomic mass is 16.4. The van der Waals surface area contributed by atoms with E-state index in [1.807, 2.05) is 18.2 Å². The molecule has 5 atom stereocenters. The average Bonchev–Trinajstić information content (AvgIpc) is 3.33. The summed E-state index contributed by atoms with van der Waals surface area (Å²) in [5, 5.41) is 27.5. The van der Waals surface area contributed by atoms with Gasteiger partial charge in [-0.2, -0.15) is 0 Å². The van der Waals surface area contributed by atoms with Crippen LogP contribution < -0.4 is 38.9 Å². The van der Waals surface area contributed by atoms with Gasteiger partial charge in [-0.15, -0.1) is 0 Å². The number of nitrogens with two attached hydrogens (primary N) is 4. The molecule has 14 N–H and O–H groups in total. The van der Waals surface area contributed by atoms with Gasteiger partial charge in [0, 0.05) is 36.5 Å². The van der Waals surface area contributed by atoms with Crippen molar-refractivity contribution in [3.8, 4) is 0 Å². The zero-order chi connectivity index (χ0) is 31.4. The van der Waals surface area contributed by atoms with Gasteiger partial charge in [0.2, 0.25) is 23.6 Å². The van der Waals surface area contributed by atoms with Gasteiger partial charge in [-0.3, -0.25) is 24.2 Å². The van der Waals surface area contributed by atoms with Crippen molar-refractivity contribution in [2.45, 2.75) is 69.3 Å². The van der Waals surface area contributed by atoms with Crippen LogP contribution in [0.2, 0.25) is 0 Å². The van der Waals surface area contributed by atoms with Crippen molar-refractivity contribution in [1.29, 1.82) is 0 Å². The number of benzene rings is 1. The van der Waals surface area contributed by atoms with Crippen LogP contribution in [-0.4, -0.2) is 87.6 Å². The first-order valence-corrected chi connectivity index (χ1v) is 13.3. The van der Waals surface area contributed by atoms with E-state index in [1.54, 1.807) is 12.3 Å². The number of nitrogens with zero attached hydrogens (tertiary/aromatic N) is 1. The molecule has 0 aliphatic carbocycles. The number of carbonyl (C=O) groups is 5. The number of aliphatic imine (C=N–C) groups is 1. The van der Waals surface area contributed by atoms with E-state index >= 15 is 0 Å². The van der Waals surface area contributed by atoms with Crippen molar-refractivity contribution in [3.63, 3.8) is 0 Å². The minimum Gasteiger partial charge on any atom is -0.480 e. The van der Waals surface area contributed by atoms with Crippen molar-refractivity contribution in [3.05, 3.63) is 36.0 Å². The van der Waals surface area contributed by atoms with Gasteiger partial charge in [-0.05, 0) is 37.8 Å². The Morgan fingerprint density at radius 2 is 1.55 bits per heavy atom. The molecule has 230 valence electrons. The quantitative estimate of drug-likeness (QED) is 0.0516. The number of hydrogen-bond acceptors (Lipinski definition) is 8. The summed E-state index contributed by atoms with van der Waals surface area (Å²) in [6.07, 6.45) is 0.159. The Hall–Kier alpha value is -4.70. The van der Waals surface area contributed by atoms with Crippen LogP contribution >= 0.6 is 0 Å². The number of carbonyl (C=O) groups excluding carboxylic acids is 4.